The number of nitrogens with zero attached hydrogens (tertiary/aromatic N) is 6. The van der Waals surface area contributed by atoms with Crippen molar-refractivity contribution < 1.29 is 0 Å². The minimum atomic E-state index is 0.684. The smallest absolute Gasteiger partial charge is 0.159 e. The van der Waals surface area contributed by atoms with E-state index in [1.54, 1.807) is 11.3 Å². The number of nitrogens with one attached hydrogen (secondary N) is 2. The van der Waals surface area contributed by atoms with Crippen LogP contribution in [0.3, 0.4) is 0 Å². The van der Waals surface area contributed by atoms with Crippen LogP contribution in [0.15, 0.2) is 42.9 Å². The number of aromatic amines is 2. The molecule has 6 rings (SSSR count). The number of fused-ring (bicyclic) bond motifs is 2. The van der Waals surface area contributed by atoms with E-state index >= 15 is 0 Å². The predicted molar refractivity (Wildman–Crippen MR) is 122 cm³/mol. The van der Waals surface area contributed by atoms with Crippen molar-refractivity contribution in [2.75, 3.05) is 0 Å². The summed E-state index contributed by atoms with van der Waals surface area (Å²) >= 11 is 1.71. The molecule has 0 fully saturated rings. The molecule has 0 saturated heterocycles. The van der Waals surface area contributed by atoms with E-state index in [9.17, 15) is 0 Å². The van der Waals surface area contributed by atoms with E-state index in [0.717, 1.165) is 49.8 Å². The second-order valence-corrected chi connectivity index (χ2v) is 8.78. The number of aryl methyl sites for hydroxylation is 2. The van der Waals surface area contributed by atoms with E-state index in [4.69, 9.17) is 4.98 Å². The Hall–Kier alpha value is -3.85. The van der Waals surface area contributed by atoms with Crippen LogP contribution < -0.4 is 0 Å². The quantitative estimate of drug-likeness (QED) is 0.429. The van der Waals surface area contributed by atoms with Crippen LogP contribution in [-0.4, -0.2) is 39.7 Å². The molecule has 0 bridgehead atoms. The molecule has 0 aliphatic carbocycles. The molecule has 0 radical (unpaired) electrons. The summed E-state index contributed by atoms with van der Waals surface area (Å²) in [4.78, 5) is 24.2. The summed E-state index contributed by atoms with van der Waals surface area (Å²) in [6.45, 7) is 4.07. The molecule has 9 heteroatoms. The largest absolute Gasteiger partial charge is 0.336 e. The lowest BCUT2D eigenvalue weighted by Crippen LogP contribution is -1.94. The highest BCUT2D eigenvalue weighted by Gasteiger charge is 2.18. The van der Waals surface area contributed by atoms with Gasteiger partial charge in [0.05, 0.1) is 27.7 Å². The van der Waals surface area contributed by atoms with Crippen LogP contribution in [0.4, 0.5) is 0 Å². The molecule has 0 saturated carbocycles. The van der Waals surface area contributed by atoms with Crippen molar-refractivity contribution >= 4 is 33.4 Å². The van der Waals surface area contributed by atoms with Gasteiger partial charge in [-0.1, -0.05) is 0 Å². The average molecular weight is 427 g/mol. The molecule has 31 heavy (non-hydrogen) atoms. The highest BCUT2D eigenvalue weighted by molar-refractivity contribution is 7.15. The zero-order valence-electron chi connectivity index (χ0n) is 17.1. The highest BCUT2D eigenvalue weighted by atomic mass is 32.1. The predicted octanol–water partition coefficient (Wildman–Crippen LogP) is 4.64. The van der Waals surface area contributed by atoms with Crippen molar-refractivity contribution in [3.05, 3.63) is 53.6 Å². The van der Waals surface area contributed by atoms with Gasteiger partial charge in [0.15, 0.2) is 11.5 Å². The second-order valence-electron chi connectivity index (χ2n) is 7.49. The number of thiophene rings is 1. The van der Waals surface area contributed by atoms with Gasteiger partial charge in [-0.15, -0.1) is 11.3 Å². The van der Waals surface area contributed by atoms with Gasteiger partial charge in [-0.05, 0) is 38.1 Å². The van der Waals surface area contributed by atoms with E-state index in [1.165, 1.54) is 4.88 Å². The minimum absolute atomic E-state index is 0.684. The first kappa shape index (κ1) is 18.0. The molecule has 0 aliphatic heterocycles. The number of hydrogen-bond donors (Lipinski definition) is 2. The Kier molecular flexibility index (Phi) is 3.81. The zero-order chi connectivity index (χ0) is 21.1. The summed E-state index contributed by atoms with van der Waals surface area (Å²) in [7, 11) is 2.00. The number of imidazole rings is 2. The molecule has 152 valence electrons. The van der Waals surface area contributed by atoms with Crippen LogP contribution in [0, 0.1) is 13.8 Å². The van der Waals surface area contributed by atoms with Crippen molar-refractivity contribution in [3.8, 4) is 33.3 Å². The lowest BCUT2D eigenvalue weighted by Gasteiger charge is -2.03. The van der Waals surface area contributed by atoms with Gasteiger partial charge in [0.2, 0.25) is 0 Å². The standard InChI is InChI=1S/C22H18N8S/c1-11-4-5-17(31-11)20-19-15(6-7-23-20)26-22(27-19)18-14-8-13(9-25-21(14)29-28-18)16-10-24-12(2)30(16)3/h4-10H,1-3H3,(H,26,27)(H,25,28,29). The van der Waals surface area contributed by atoms with E-state index < -0.39 is 0 Å². The van der Waals surface area contributed by atoms with Gasteiger partial charge < -0.3 is 9.55 Å². The van der Waals surface area contributed by atoms with E-state index in [1.807, 2.05) is 43.2 Å². The number of rotatable bonds is 3. The monoisotopic (exact) mass is 426 g/mol. The SMILES string of the molecule is Cc1ccc(-c2nccc3[nH]c(-c4n[nH]c5ncc(-c6cnc(C)n6C)cc45)nc23)s1. The number of H-pyrrole nitrogens is 2. The van der Waals surface area contributed by atoms with Crippen molar-refractivity contribution in [2.45, 2.75) is 13.8 Å². The first-order chi connectivity index (χ1) is 15.1. The van der Waals surface area contributed by atoms with Crippen LogP contribution in [0.5, 0.6) is 0 Å². The molecule has 8 nitrogen and oxygen atoms in total. The molecular formula is C22H18N8S. The fraction of sp³-hybridized carbons (Fsp3) is 0.136. The maximum absolute atomic E-state index is 4.88. The molecule has 2 N–H and O–H groups in total. The fourth-order valence-corrected chi connectivity index (χ4v) is 4.65. The molecule has 0 amide bonds. The summed E-state index contributed by atoms with van der Waals surface area (Å²) in [5, 5.41) is 8.43. The van der Waals surface area contributed by atoms with Crippen LogP contribution in [0.25, 0.3) is 55.4 Å². The Morgan fingerprint density at radius 3 is 2.68 bits per heavy atom. The Balaban J connectivity index is 1.52. The van der Waals surface area contributed by atoms with Crippen molar-refractivity contribution in [2.24, 2.45) is 7.05 Å². The van der Waals surface area contributed by atoms with Crippen LogP contribution >= 0.6 is 11.3 Å². The van der Waals surface area contributed by atoms with Gasteiger partial charge in [0, 0.05) is 29.9 Å². The first-order valence-electron chi connectivity index (χ1n) is 9.83. The molecule has 6 heterocycles. The van der Waals surface area contributed by atoms with Gasteiger partial charge >= 0.3 is 0 Å². The Morgan fingerprint density at radius 1 is 1.00 bits per heavy atom. The lowest BCUT2D eigenvalue weighted by molar-refractivity contribution is 0.865. The summed E-state index contributed by atoms with van der Waals surface area (Å²) in [6.07, 6.45) is 5.50. The van der Waals surface area contributed by atoms with Gasteiger partial charge in [-0.3, -0.25) is 10.1 Å². The second kappa shape index (κ2) is 6.58. The summed E-state index contributed by atoms with van der Waals surface area (Å²) in [5.74, 6) is 1.63. The van der Waals surface area contributed by atoms with Crippen molar-refractivity contribution in [3.63, 3.8) is 0 Å². The van der Waals surface area contributed by atoms with E-state index in [0.29, 0.717) is 11.5 Å². The van der Waals surface area contributed by atoms with Gasteiger partial charge in [-0.2, -0.15) is 5.10 Å². The zero-order valence-corrected chi connectivity index (χ0v) is 17.9. The number of aromatic nitrogens is 8. The van der Waals surface area contributed by atoms with Crippen molar-refractivity contribution in [1.82, 2.24) is 39.7 Å². The third kappa shape index (κ3) is 2.77. The maximum Gasteiger partial charge on any atom is 0.159 e. The lowest BCUT2D eigenvalue weighted by atomic mass is 10.1. The minimum Gasteiger partial charge on any atom is -0.336 e. The molecule has 0 aromatic carbocycles. The molecule has 0 spiro atoms. The van der Waals surface area contributed by atoms with E-state index in [-0.39, 0.29) is 0 Å². The number of hydrogen-bond acceptors (Lipinski definition) is 6. The number of pyridine rings is 2. The van der Waals surface area contributed by atoms with Crippen LogP contribution in [0.1, 0.15) is 10.7 Å². The first-order valence-corrected chi connectivity index (χ1v) is 10.6. The van der Waals surface area contributed by atoms with E-state index in [2.05, 4.69) is 55.3 Å². The Labute approximate surface area is 181 Å². The summed E-state index contributed by atoms with van der Waals surface area (Å²) < 4.78 is 2.05. The summed E-state index contributed by atoms with van der Waals surface area (Å²) in [6, 6.07) is 8.20. The molecular weight excluding hydrogens is 408 g/mol. The van der Waals surface area contributed by atoms with Crippen LogP contribution in [-0.2, 0) is 7.05 Å². The molecule has 6 aromatic heterocycles. The van der Waals surface area contributed by atoms with Crippen LogP contribution in [0.2, 0.25) is 0 Å². The fourth-order valence-electron chi connectivity index (χ4n) is 3.78. The Bertz CT molecular complexity index is 1580. The summed E-state index contributed by atoms with van der Waals surface area (Å²) in [5.41, 5.74) is 6.06. The topological polar surface area (TPSA) is 101 Å². The van der Waals surface area contributed by atoms with Gasteiger partial charge in [0.1, 0.15) is 22.7 Å². The maximum atomic E-state index is 4.88. The van der Waals surface area contributed by atoms with Crippen molar-refractivity contribution in [1.29, 1.82) is 0 Å². The molecule has 0 aliphatic rings. The normalized spacial score (nSPS) is 11.7. The van der Waals surface area contributed by atoms with Gasteiger partial charge in [-0.25, -0.2) is 15.0 Å². The molecule has 0 unspecified atom stereocenters. The highest BCUT2D eigenvalue weighted by Crippen LogP contribution is 2.33. The Morgan fingerprint density at radius 2 is 1.90 bits per heavy atom. The third-order valence-electron chi connectivity index (χ3n) is 5.53. The average Bonchev–Trinajstić information content (AvgIpc) is 3.54. The third-order valence-corrected chi connectivity index (χ3v) is 6.54. The van der Waals surface area contributed by atoms with Gasteiger partial charge in [0.25, 0.3) is 0 Å². The molecule has 6 aromatic rings. The molecule has 0 atom stereocenters.